The SMILES string of the molecule is COc1cc(OC)cc(C(=O)Cn2c(=N)n(C)c3ccccc32)c1. The average Bonchev–Trinajstić information content (AvgIpc) is 2.86. The Balaban J connectivity index is 2.02. The van der Waals surface area contributed by atoms with Crippen molar-refractivity contribution < 1.29 is 14.3 Å². The largest absolute Gasteiger partial charge is 0.497 e. The predicted molar refractivity (Wildman–Crippen MR) is 90.6 cm³/mol. The van der Waals surface area contributed by atoms with Crippen LogP contribution in [0.25, 0.3) is 11.0 Å². The molecule has 2 aromatic carbocycles. The molecule has 1 heterocycles. The van der Waals surface area contributed by atoms with Gasteiger partial charge < -0.3 is 18.6 Å². The number of hydrogen-bond donors (Lipinski definition) is 1. The Hall–Kier alpha value is -3.02. The number of methoxy groups -OCH3 is 2. The highest BCUT2D eigenvalue weighted by atomic mass is 16.5. The maximum Gasteiger partial charge on any atom is 0.203 e. The van der Waals surface area contributed by atoms with Crippen molar-refractivity contribution in [2.45, 2.75) is 6.54 Å². The Morgan fingerprint density at radius 1 is 1.04 bits per heavy atom. The van der Waals surface area contributed by atoms with E-state index in [2.05, 4.69) is 0 Å². The first kappa shape index (κ1) is 15.9. The molecule has 3 aromatic rings. The molecule has 1 aromatic heterocycles. The summed E-state index contributed by atoms with van der Waals surface area (Å²) in [5, 5.41) is 8.26. The summed E-state index contributed by atoms with van der Waals surface area (Å²) in [6.07, 6.45) is 0. The second kappa shape index (κ2) is 6.23. The molecule has 0 radical (unpaired) electrons. The minimum atomic E-state index is -0.109. The van der Waals surface area contributed by atoms with E-state index < -0.39 is 0 Å². The van der Waals surface area contributed by atoms with E-state index in [1.54, 1.807) is 41.6 Å². The van der Waals surface area contributed by atoms with Crippen molar-refractivity contribution in [1.29, 1.82) is 5.41 Å². The Labute approximate surface area is 139 Å². The molecule has 0 bridgehead atoms. The van der Waals surface area contributed by atoms with Crippen LogP contribution >= 0.6 is 0 Å². The molecule has 0 amide bonds. The highest BCUT2D eigenvalue weighted by Gasteiger charge is 2.14. The Morgan fingerprint density at radius 2 is 1.62 bits per heavy atom. The number of aromatic nitrogens is 2. The molecule has 0 fully saturated rings. The molecule has 0 spiro atoms. The van der Waals surface area contributed by atoms with Crippen LogP contribution in [0.5, 0.6) is 11.5 Å². The normalized spacial score (nSPS) is 10.8. The number of benzene rings is 2. The summed E-state index contributed by atoms with van der Waals surface area (Å²) >= 11 is 0. The summed E-state index contributed by atoms with van der Waals surface area (Å²) in [5.41, 5.74) is 2.54. The first-order valence-corrected chi connectivity index (χ1v) is 7.50. The standard InChI is InChI=1S/C18H19N3O3/c1-20-15-6-4-5-7-16(15)21(18(20)19)11-17(22)12-8-13(23-2)10-14(9-12)24-3/h4-10,19H,11H2,1-3H3. The van der Waals surface area contributed by atoms with E-state index in [0.29, 0.717) is 17.1 Å². The highest BCUT2D eigenvalue weighted by molar-refractivity contribution is 5.97. The number of Topliss-reactive ketones (excluding diaryl/α,β-unsaturated/α-hetero) is 1. The van der Waals surface area contributed by atoms with Gasteiger partial charge in [0, 0.05) is 18.7 Å². The van der Waals surface area contributed by atoms with E-state index in [4.69, 9.17) is 14.9 Å². The number of rotatable bonds is 5. The molecule has 1 N–H and O–H groups in total. The fraction of sp³-hybridized carbons (Fsp3) is 0.222. The number of nitrogens with zero attached hydrogens (tertiary/aromatic N) is 2. The van der Waals surface area contributed by atoms with Crippen LogP contribution in [0.15, 0.2) is 42.5 Å². The van der Waals surface area contributed by atoms with Crippen LogP contribution in [0.2, 0.25) is 0 Å². The van der Waals surface area contributed by atoms with Crippen LogP contribution in [0.1, 0.15) is 10.4 Å². The molecule has 0 unspecified atom stereocenters. The van der Waals surface area contributed by atoms with Crippen molar-refractivity contribution in [3.05, 3.63) is 53.6 Å². The zero-order valence-corrected chi connectivity index (χ0v) is 13.9. The first-order valence-electron chi connectivity index (χ1n) is 7.50. The van der Waals surface area contributed by atoms with E-state index in [9.17, 15) is 4.79 Å². The number of fused-ring (bicyclic) bond motifs is 1. The first-order chi connectivity index (χ1) is 11.5. The van der Waals surface area contributed by atoms with Crippen molar-refractivity contribution in [3.63, 3.8) is 0 Å². The summed E-state index contributed by atoms with van der Waals surface area (Å²) in [4.78, 5) is 12.7. The number of ketones is 1. The fourth-order valence-corrected chi connectivity index (χ4v) is 2.75. The van der Waals surface area contributed by atoms with Gasteiger partial charge >= 0.3 is 0 Å². The van der Waals surface area contributed by atoms with Gasteiger partial charge in [-0.3, -0.25) is 10.2 Å². The van der Waals surface area contributed by atoms with Gasteiger partial charge in [-0.25, -0.2) is 0 Å². The van der Waals surface area contributed by atoms with E-state index >= 15 is 0 Å². The lowest BCUT2D eigenvalue weighted by Gasteiger charge is -2.09. The van der Waals surface area contributed by atoms with E-state index in [1.807, 2.05) is 31.3 Å². The molecule has 6 nitrogen and oxygen atoms in total. The van der Waals surface area contributed by atoms with Crippen LogP contribution in [-0.4, -0.2) is 29.1 Å². The molecule has 0 atom stereocenters. The third-order valence-corrected chi connectivity index (χ3v) is 4.08. The van der Waals surface area contributed by atoms with Gasteiger partial charge in [0.1, 0.15) is 11.5 Å². The molecule has 24 heavy (non-hydrogen) atoms. The van der Waals surface area contributed by atoms with Crippen molar-refractivity contribution >= 4 is 16.8 Å². The van der Waals surface area contributed by atoms with Gasteiger partial charge in [0.2, 0.25) is 5.62 Å². The topological polar surface area (TPSA) is 69.2 Å². The second-order valence-corrected chi connectivity index (χ2v) is 5.48. The molecule has 3 rings (SSSR count). The summed E-state index contributed by atoms with van der Waals surface area (Å²) < 4.78 is 13.9. The van der Waals surface area contributed by atoms with Gasteiger partial charge in [0.25, 0.3) is 0 Å². The summed E-state index contributed by atoms with van der Waals surface area (Å²) in [6, 6.07) is 12.7. The van der Waals surface area contributed by atoms with Gasteiger partial charge in [-0.15, -0.1) is 0 Å². The zero-order valence-electron chi connectivity index (χ0n) is 13.9. The highest BCUT2D eigenvalue weighted by Crippen LogP contribution is 2.23. The summed E-state index contributed by atoms with van der Waals surface area (Å²) in [6.45, 7) is 0.0799. The minimum Gasteiger partial charge on any atom is -0.497 e. The third-order valence-electron chi connectivity index (χ3n) is 4.08. The average molecular weight is 325 g/mol. The number of para-hydroxylation sites is 2. The van der Waals surface area contributed by atoms with E-state index in [-0.39, 0.29) is 17.9 Å². The summed E-state index contributed by atoms with van der Waals surface area (Å²) in [5.74, 6) is 1.01. The number of imidazole rings is 1. The van der Waals surface area contributed by atoms with Gasteiger partial charge in [-0.1, -0.05) is 12.1 Å². The molecule has 124 valence electrons. The maximum absolute atomic E-state index is 12.7. The van der Waals surface area contributed by atoms with E-state index in [0.717, 1.165) is 11.0 Å². The number of ether oxygens (including phenoxy) is 2. The quantitative estimate of drug-likeness (QED) is 0.732. The molecular formula is C18H19N3O3. The molecular weight excluding hydrogens is 306 g/mol. The number of hydrogen-bond acceptors (Lipinski definition) is 4. The van der Waals surface area contributed by atoms with Crippen LogP contribution in [0.3, 0.4) is 0 Å². The monoisotopic (exact) mass is 325 g/mol. The van der Waals surface area contributed by atoms with Crippen molar-refractivity contribution in [2.24, 2.45) is 7.05 Å². The molecule has 0 aliphatic heterocycles. The summed E-state index contributed by atoms with van der Waals surface area (Å²) in [7, 11) is 4.91. The molecule has 0 saturated carbocycles. The lowest BCUT2D eigenvalue weighted by molar-refractivity contribution is 0.0971. The Morgan fingerprint density at radius 3 is 2.21 bits per heavy atom. The van der Waals surface area contributed by atoms with Crippen molar-refractivity contribution in [2.75, 3.05) is 14.2 Å². The predicted octanol–water partition coefficient (Wildman–Crippen LogP) is 2.36. The third kappa shape index (κ3) is 2.67. The van der Waals surface area contributed by atoms with Crippen LogP contribution in [0.4, 0.5) is 0 Å². The smallest absolute Gasteiger partial charge is 0.203 e. The number of carbonyl (C=O) groups excluding carboxylic acids is 1. The van der Waals surface area contributed by atoms with Crippen molar-refractivity contribution in [1.82, 2.24) is 9.13 Å². The van der Waals surface area contributed by atoms with Crippen molar-refractivity contribution in [3.8, 4) is 11.5 Å². The molecule has 0 aliphatic rings. The number of nitrogens with one attached hydrogen (secondary N) is 1. The van der Waals surface area contributed by atoms with Gasteiger partial charge in [-0.2, -0.15) is 0 Å². The molecule has 0 saturated heterocycles. The number of aryl methyl sites for hydroxylation is 1. The van der Waals surface area contributed by atoms with Crippen LogP contribution < -0.4 is 15.1 Å². The molecule has 6 heteroatoms. The van der Waals surface area contributed by atoms with E-state index in [1.165, 1.54) is 0 Å². The lowest BCUT2D eigenvalue weighted by atomic mass is 10.1. The van der Waals surface area contributed by atoms with Crippen LogP contribution in [0, 0.1) is 5.41 Å². The maximum atomic E-state index is 12.7. The van der Waals surface area contributed by atoms with Gasteiger partial charge in [0.05, 0.1) is 31.8 Å². The Bertz CT molecular complexity index is 947. The second-order valence-electron chi connectivity index (χ2n) is 5.48. The van der Waals surface area contributed by atoms with Gasteiger partial charge in [-0.05, 0) is 24.3 Å². The number of carbonyl (C=O) groups is 1. The van der Waals surface area contributed by atoms with Gasteiger partial charge in [0.15, 0.2) is 5.78 Å². The minimum absolute atomic E-state index is 0.0799. The Kier molecular flexibility index (Phi) is 4.12. The molecule has 0 aliphatic carbocycles. The zero-order chi connectivity index (χ0) is 17.3. The fourth-order valence-electron chi connectivity index (χ4n) is 2.75. The van der Waals surface area contributed by atoms with Crippen LogP contribution in [-0.2, 0) is 13.6 Å². The lowest BCUT2D eigenvalue weighted by Crippen LogP contribution is -2.25.